The van der Waals surface area contributed by atoms with Crippen LogP contribution in [0.25, 0.3) is 0 Å². The van der Waals surface area contributed by atoms with Crippen LogP contribution in [0.2, 0.25) is 0 Å². The van der Waals surface area contributed by atoms with Crippen LogP contribution in [0.5, 0.6) is 0 Å². The number of nitrogens with zero attached hydrogens (tertiary/aromatic N) is 2. The molecule has 0 aromatic carbocycles. The number of hydrogen-bond acceptors (Lipinski definition) is 2. The highest BCUT2D eigenvalue weighted by Crippen LogP contribution is 2.10. The van der Waals surface area contributed by atoms with Crippen LogP contribution < -0.4 is 5.32 Å². The Bertz CT molecular complexity index is 365. The Morgan fingerprint density at radius 2 is 2.47 bits per heavy atom. The third-order valence-corrected chi connectivity index (χ3v) is 2.65. The second kappa shape index (κ2) is 4.29. The summed E-state index contributed by atoms with van der Waals surface area (Å²) in [7, 11) is 0. The third-order valence-electron chi connectivity index (χ3n) is 2.65. The Hall–Kier alpha value is -1.58. The van der Waals surface area contributed by atoms with E-state index in [9.17, 15) is 4.79 Å². The maximum atomic E-state index is 11.4. The molecule has 0 spiro atoms. The smallest absolute Gasteiger partial charge is 0.317 e. The van der Waals surface area contributed by atoms with Gasteiger partial charge in [0.2, 0.25) is 0 Å². The summed E-state index contributed by atoms with van der Waals surface area (Å²) < 4.78 is 0. The van der Waals surface area contributed by atoms with Gasteiger partial charge in [-0.2, -0.15) is 0 Å². The third kappa shape index (κ3) is 2.09. The van der Waals surface area contributed by atoms with E-state index in [1.54, 1.807) is 11.1 Å². The molecule has 1 fully saturated rings. The Balaban J connectivity index is 2.12. The van der Waals surface area contributed by atoms with Gasteiger partial charge in [-0.15, -0.1) is 0 Å². The molecule has 1 saturated heterocycles. The average Bonchev–Trinajstić information content (AvgIpc) is 2.65. The molecule has 0 radical (unpaired) electrons. The monoisotopic (exact) mass is 205 g/mol. The minimum absolute atomic E-state index is 0.0164. The van der Waals surface area contributed by atoms with Gasteiger partial charge in [-0.25, -0.2) is 4.79 Å². The quantitative estimate of drug-likeness (QED) is 0.805. The van der Waals surface area contributed by atoms with E-state index in [-0.39, 0.29) is 6.03 Å². The summed E-state index contributed by atoms with van der Waals surface area (Å²) in [6, 6.07) is 4.02. The van der Waals surface area contributed by atoms with E-state index in [0.717, 1.165) is 25.2 Å². The van der Waals surface area contributed by atoms with Crippen molar-refractivity contribution < 1.29 is 4.79 Å². The normalized spacial score (nSPS) is 15.5. The van der Waals surface area contributed by atoms with E-state index in [4.69, 9.17) is 0 Å². The number of urea groups is 1. The van der Waals surface area contributed by atoms with Gasteiger partial charge in [0.1, 0.15) is 0 Å². The standard InChI is InChI=1S/C11H15N3O/c1-2-9-4-3-5-12-10(9)8-14-7-6-13-11(14)15/h3-5H,2,6-8H2,1H3,(H,13,15). The SMILES string of the molecule is CCc1cccnc1CN1CCNC1=O. The maximum absolute atomic E-state index is 11.4. The average molecular weight is 205 g/mol. The second-order valence-electron chi connectivity index (χ2n) is 3.62. The number of carbonyl (C=O) groups is 1. The lowest BCUT2D eigenvalue weighted by molar-refractivity contribution is 0.215. The first-order valence-corrected chi connectivity index (χ1v) is 5.27. The van der Waals surface area contributed by atoms with Gasteiger partial charge in [-0.3, -0.25) is 4.98 Å². The summed E-state index contributed by atoms with van der Waals surface area (Å²) in [5, 5.41) is 2.79. The molecule has 1 aliphatic heterocycles. The van der Waals surface area contributed by atoms with Crippen molar-refractivity contribution in [3.63, 3.8) is 0 Å². The molecule has 2 rings (SSSR count). The molecule has 4 nitrogen and oxygen atoms in total. The molecule has 2 heterocycles. The van der Waals surface area contributed by atoms with Crippen LogP contribution in [0.15, 0.2) is 18.3 Å². The van der Waals surface area contributed by atoms with Crippen molar-refractivity contribution in [1.29, 1.82) is 0 Å². The Morgan fingerprint density at radius 1 is 1.60 bits per heavy atom. The fourth-order valence-electron chi connectivity index (χ4n) is 1.78. The summed E-state index contributed by atoms with van der Waals surface area (Å²) in [5.74, 6) is 0. The molecule has 0 bridgehead atoms. The number of amides is 2. The summed E-state index contributed by atoms with van der Waals surface area (Å²) in [6.45, 7) is 4.24. The molecule has 2 amide bonds. The molecule has 80 valence electrons. The number of aryl methyl sites for hydroxylation is 1. The van der Waals surface area contributed by atoms with E-state index in [2.05, 4.69) is 23.3 Å². The Kier molecular flexibility index (Phi) is 2.85. The van der Waals surface area contributed by atoms with E-state index in [0.29, 0.717) is 6.54 Å². The minimum atomic E-state index is 0.0164. The lowest BCUT2D eigenvalue weighted by Crippen LogP contribution is -2.28. The van der Waals surface area contributed by atoms with E-state index < -0.39 is 0 Å². The van der Waals surface area contributed by atoms with Crippen molar-refractivity contribution >= 4 is 6.03 Å². The van der Waals surface area contributed by atoms with Crippen LogP contribution in [0.4, 0.5) is 4.79 Å². The lowest BCUT2D eigenvalue weighted by Gasteiger charge is -2.15. The lowest BCUT2D eigenvalue weighted by atomic mass is 10.1. The fraction of sp³-hybridized carbons (Fsp3) is 0.455. The molecule has 1 aromatic heterocycles. The largest absolute Gasteiger partial charge is 0.336 e. The van der Waals surface area contributed by atoms with Crippen molar-refractivity contribution in [2.75, 3.05) is 13.1 Å². The van der Waals surface area contributed by atoms with Crippen molar-refractivity contribution in [2.45, 2.75) is 19.9 Å². The molecular weight excluding hydrogens is 190 g/mol. The van der Waals surface area contributed by atoms with Crippen LogP contribution >= 0.6 is 0 Å². The van der Waals surface area contributed by atoms with Gasteiger partial charge in [0.05, 0.1) is 12.2 Å². The number of nitrogens with one attached hydrogen (secondary N) is 1. The first-order valence-electron chi connectivity index (χ1n) is 5.27. The van der Waals surface area contributed by atoms with Crippen molar-refractivity contribution in [3.05, 3.63) is 29.6 Å². The van der Waals surface area contributed by atoms with E-state index >= 15 is 0 Å². The summed E-state index contributed by atoms with van der Waals surface area (Å²) in [4.78, 5) is 17.5. The molecule has 15 heavy (non-hydrogen) atoms. The van der Waals surface area contributed by atoms with Gasteiger partial charge < -0.3 is 10.2 Å². The Labute approximate surface area is 89.3 Å². The summed E-state index contributed by atoms with van der Waals surface area (Å²) in [6.07, 6.45) is 2.74. The predicted octanol–water partition coefficient (Wildman–Crippen LogP) is 1.17. The number of hydrogen-bond donors (Lipinski definition) is 1. The van der Waals surface area contributed by atoms with Gasteiger partial charge in [0.15, 0.2) is 0 Å². The number of aromatic nitrogens is 1. The molecule has 1 aliphatic rings. The predicted molar refractivity (Wildman–Crippen MR) is 57.4 cm³/mol. The van der Waals surface area contributed by atoms with Gasteiger partial charge >= 0.3 is 6.03 Å². The zero-order chi connectivity index (χ0) is 10.7. The van der Waals surface area contributed by atoms with E-state index in [1.165, 1.54) is 5.56 Å². The van der Waals surface area contributed by atoms with Crippen molar-refractivity contribution in [1.82, 2.24) is 15.2 Å². The zero-order valence-corrected chi connectivity index (χ0v) is 8.86. The molecule has 0 unspecified atom stereocenters. The minimum Gasteiger partial charge on any atom is -0.336 e. The molecular formula is C11H15N3O. The zero-order valence-electron chi connectivity index (χ0n) is 8.86. The first kappa shape index (κ1) is 9.96. The van der Waals surface area contributed by atoms with Crippen LogP contribution in [-0.4, -0.2) is 29.0 Å². The highest BCUT2D eigenvalue weighted by atomic mass is 16.2. The summed E-state index contributed by atoms with van der Waals surface area (Å²) in [5.41, 5.74) is 2.23. The first-order chi connectivity index (χ1) is 7.31. The topological polar surface area (TPSA) is 45.2 Å². The Morgan fingerprint density at radius 3 is 3.13 bits per heavy atom. The van der Waals surface area contributed by atoms with Crippen molar-refractivity contribution in [3.8, 4) is 0 Å². The molecule has 0 atom stereocenters. The van der Waals surface area contributed by atoms with Crippen molar-refractivity contribution in [2.24, 2.45) is 0 Å². The molecule has 0 saturated carbocycles. The van der Waals surface area contributed by atoms with E-state index in [1.807, 2.05) is 6.07 Å². The number of carbonyl (C=O) groups excluding carboxylic acids is 1. The fourth-order valence-corrected chi connectivity index (χ4v) is 1.78. The highest BCUT2D eigenvalue weighted by Gasteiger charge is 2.20. The van der Waals surface area contributed by atoms with Crippen LogP contribution in [0.3, 0.4) is 0 Å². The van der Waals surface area contributed by atoms with Gasteiger partial charge in [0.25, 0.3) is 0 Å². The summed E-state index contributed by atoms with van der Waals surface area (Å²) >= 11 is 0. The van der Waals surface area contributed by atoms with Gasteiger partial charge in [-0.1, -0.05) is 13.0 Å². The van der Waals surface area contributed by atoms with Gasteiger partial charge in [-0.05, 0) is 18.1 Å². The maximum Gasteiger partial charge on any atom is 0.317 e. The van der Waals surface area contributed by atoms with Crippen LogP contribution in [0.1, 0.15) is 18.2 Å². The molecule has 4 heteroatoms. The van der Waals surface area contributed by atoms with Gasteiger partial charge in [0, 0.05) is 19.3 Å². The molecule has 1 aromatic rings. The highest BCUT2D eigenvalue weighted by molar-refractivity contribution is 5.76. The number of pyridine rings is 1. The molecule has 1 N–H and O–H groups in total. The second-order valence-corrected chi connectivity index (χ2v) is 3.62. The van der Waals surface area contributed by atoms with Crippen LogP contribution in [0, 0.1) is 0 Å². The van der Waals surface area contributed by atoms with Crippen LogP contribution in [-0.2, 0) is 13.0 Å². The number of rotatable bonds is 3. The molecule has 0 aliphatic carbocycles.